The number of benzene rings is 5. The van der Waals surface area contributed by atoms with E-state index < -0.39 is 83.8 Å². The van der Waals surface area contributed by atoms with Gasteiger partial charge < -0.3 is 50.0 Å². The monoisotopic (exact) mass is 764 g/mol. The fourth-order valence-electron chi connectivity index (χ4n) is 7.42. The standard InChI is InChI=1S/C42H36O14/c1-19-39(50)42(52,53)40(51)41(54-19)56-30-15-28-34(36(47)27(30)13-23-8-5-9-25(16-43)29(23)18-45)38(49)33-26(17-44)14-31(55-20(2)46)32(35(33)37(28)48)24-11-10-21-6-3-4-7-22(21)12-24/h3-12,14-15,18-19,39-41,43-44,47,50-53H,13,16-17H2,1-2H3. The molecule has 4 atom stereocenters. The maximum absolute atomic E-state index is 14.9. The van der Waals surface area contributed by atoms with Gasteiger partial charge in [-0.2, -0.15) is 0 Å². The predicted octanol–water partition coefficient (Wildman–Crippen LogP) is 2.83. The largest absolute Gasteiger partial charge is 0.507 e. The van der Waals surface area contributed by atoms with E-state index in [9.17, 15) is 54.9 Å². The van der Waals surface area contributed by atoms with Crippen molar-refractivity contribution in [1.82, 2.24) is 0 Å². The van der Waals surface area contributed by atoms with Crippen molar-refractivity contribution in [3.63, 3.8) is 0 Å². The number of aldehydes is 1. The highest BCUT2D eigenvalue weighted by molar-refractivity contribution is 6.32. The van der Waals surface area contributed by atoms with E-state index in [4.69, 9.17) is 14.2 Å². The summed E-state index contributed by atoms with van der Waals surface area (Å²) in [5, 5.41) is 76.4. The highest BCUT2D eigenvalue weighted by Crippen LogP contribution is 2.48. The highest BCUT2D eigenvalue weighted by atomic mass is 16.7. The molecule has 2 aliphatic rings. The second-order valence-electron chi connectivity index (χ2n) is 13.7. The minimum absolute atomic E-state index is 0.0452. The lowest BCUT2D eigenvalue weighted by Crippen LogP contribution is -2.67. The molecule has 5 aromatic rings. The number of ketones is 2. The molecule has 0 spiro atoms. The molecule has 7 N–H and O–H groups in total. The van der Waals surface area contributed by atoms with Gasteiger partial charge in [-0.3, -0.25) is 19.2 Å². The van der Waals surface area contributed by atoms with Crippen LogP contribution in [0.2, 0.25) is 0 Å². The number of phenolic OH excluding ortho intramolecular Hbond substituents is 1. The quantitative estimate of drug-likeness (QED) is 0.0485. The van der Waals surface area contributed by atoms with Gasteiger partial charge in [-0.05, 0) is 58.1 Å². The lowest BCUT2D eigenvalue weighted by molar-refractivity contribution is -0.371. The zero-order valence-electron chi connectivity index (χ0n) is 29.9. The van der Waals surface area contributed by atoms with Crippen LogP contribution in [0.25, 0.3) is 21.9 Å². The van der Waals surface area contributed by atoms with Crippen LogP contribution in [-0.4, -0.2) is 90.0 Å². The Morgan fingerprint density at radius 2 is 1.50 bits per heavy atom. The summed E-state index contributed by atoms with van der Waals surface area (Å²) in [6.45, 7) is 1.14. The maximum Gasteiger partial charge on any atom is 0.308 e. The Balaban J connectivity index is 1.48. The third kappa shape index (κ3) is 6.32. The van der Waals surface area contributed by atoms with Crippen LogP contribution >= 0.6 is 0 Å². The summed E-state index contributed by atoms with van der Waals surface area (Å²) in [5.41, 5.74) is -0.763. The SMILES string of the molecule is CC(=O)Oc1cc(CO)c2c(c1-c1ccc3ccccc3c1)C(=O)c1cc(OC3OC(C)C(O)C(O)(O)C3O)c(Cc3cccc(CO)c3C=O)c(O)c1C2=O. The Morgan fingerprint density at radius 1 is 0.804 bits per heavy atom. The Hall–Kier alpha value is -5.84. The molecule has 1 saturated heterocycles. The van der Waals surface area contributed by atoms with E-state index in [0.29, 0.717) is 11.8 Å². The number of carbonyl (C=O) groups is 4. The van der Waals surface area contributed by atoms with E-state index in [1.54, 1.807) is 30.3 Å². The molecule has 1 aliphatic heterocycles. The molecule has 0 saturated carbocycles. The highest BCUT2D eigenvalue weighted by Gasteiger charge is 2.54. The zero-order valence-corrected chi connectivity index (χ0v) is 29.9. The lowest BCUT2D eigenvalue weighted by Gasteiger charge is -2.44. The molecular weight excluding hydrogens is 728 g/mol. The van der Waals surface area contributed by atoms with E-state index in [1.165, 1.54) is 25.1 Å². The summed E-state index contributed by atoms with van der Waals surface area (Å²) in [7, 11) is 0. The molecule has 1 heterocycles. The van der Waals surface area contributed by atoms with Crippen LogP contribution in [-0.2, 0) is 29.2 Å². The summed E-state index contributed by atoms with van der Waals surface area (Å²) in [6, 6.07) is 19.5. The fraction of sp³-hybridized carbons (Fsp3) is 0.238. The van der Waals surface area contributed by atoms with Gasteiger partial charge >= 0.3 is 5.97 Å². The van der Waals surface area contributed by atoms with Crippen molar-refractivity contribution in [2.24, 2.45) is 0 Å². The van der Waals surface area contributed by atoms with E-state index in [2.05, 4.69) is 0 Å². The van der Waals surface area contributed by atoms with Crippen molar-refractivity contribution in [3.05, 3.63) is 123 Å². The lowest BCUT2D eigenvalue weighted by atomic mass is 9.76. The number of rotatable bonds is 9. The number of aliphatic hydroxyl groups excluding tert-OH is 4. The molecule has 0 bridgehead atoms. The predicted molar refractivity (Wildman–Crippen MR) is 196 cm³/mol. The van der Waals surface area contributed by atoms with Crippen molar-refractivity contribution in [2.75, 3.05) is 0 Å². The van der Waals surface area contributed by atoms with Crippen molar-refractivity contribution in [2.45, 2.75) is 63.9 Å². The molecule has 1 aliphatic carbocycles. The number of esters is 1. The molecule has 14 heteroatoms. The topological polar surface area (TPSA) is 238 Å². The Kier molecular flexibility index (Phi) is 10.1. The number of phenols is 1. The van der Waals surface area contributed by atoms with Crippen LogP contribution in [0.4, 0.5) is 0 Å². The van der Waals surface area contributed by atoms with Crippen LogP contribution in [0.5, 0.6) is 17.2 Å². The number of fused-ring (bicyclic) bond motifs is 3. The summed E-state index contributed by atoms with van der Waals surface area (Å²) in [6.07, 6.45) is -7.39. The van der Waals surface area contributed by atoms with Crippen molar-refractivity contribution >= 4 is 34.6 Å². The van der Waals surface area contributed by atoms with Gasteiger partial charge in [0.15, 0.2) is 24.0 Å². The molecule has 288 valence electrons. The van der Waals surface area contributed by atoms with Gasteiger partial charge in [-0.25, -0.2) is 0 Å². The van der Waals surface area contributed by atoms with Gasteiger partial charge in [0.1, 0.15) is 23.4 Å². The van der Waals surface area contributed by atoms with Crippen molar-refractivity contribution < 1.29 is 69.1 Å². The van der Waals surface area contributed by atoms with Gasteiger partial charge in [-0.15, -0.1) is 0 Å². The number of aromatic hydroxyl groups is 1. The Bertz CT molecular complexity index is 2450. The maximum atomic E-state index is 14.9. The van der Waals surface area contributed by atoms with Crippen molar-refractivity contribution in [3.8, 4) is 28.4 Å². The molecule has 4 unspecified atom stereocenters. The minimum atomic E-state index is -3.13. The fourth-order valence-corrected chi connectivity index (χ4v) is 7.42. The molecule has 1 fully saturated rings. The molecule has 7 rings (SSSR count). The minimum Gasteiger partial charge on any atom is -0.507 e. The van der Waals surface area contributed by atoms with E-state index in [1.807, 2.05) is 18.2 Å². The molecular formula is C42H36O14. The summed E-state index contributed by atoms with van der Waals surface area (Å²) < 4.78 is 17.1. The first-order valence-electron chi connectivity index (χ1n) is 17.5. The van der Waals surface area contributed by atoms with Crippen molar-refractivity contribution in [1.29, 1.82) is 0 Å². The number of hydrogen-bond acceptors (Lipinski definition) is 14. The third-order valence-corrected chi connectivity index (χ3v) is 10.2. The first-order valence-corrected chi connectivity index (χ1v) is 17.5. The molecule has 14 nitrogen and oxygen atoms in total. The molecule has 0 aromatic heterocycles. The number of hydrogen-bond donors (Lipinski definition) is 7. The van der Waals surface area contributed by atoms with E-state index >= 15 is 0 Å². The average Bonchev–Trinajstić information content (AvgIpc) is 3.18. The van der Waals surface area contributed by atoms with E-state index in [0.717, 1.165) is 23.8 Å². The second-order valence-corrected chi connectivity index (χ2v) is 13.7. The van der Waals surface area contributed by atoms with Crippen LogP contribution in [0.15, 0.2) is 72.8 Å². The number of carbonyl (C=O) groups excluding carboxylic acids is 4. The van der Waals surface area contributed by atoms with Gasteiger partial charge in [0.05, 0.1) is 24.9 Å². The van der Waals surface area contributed by atoms with Gasteiger partial charge in [0.25, 0.3) is 0 Å². The molecule has 56 heavy (non-hydrogen) atoms. The number of aliphatic hydroxyl groups is 6. The Labute approximate surface area is 318 Å². The van der Waals surface area contributed by atoms with Gasteiger partial charge in [-0.1, -0.05) is 54.6 Å². The first kappa shape index (κ1) is 38.4. The van der Waals surface area contributed by atoms with Crippen LogP contribution < -0.4 is 9.47 Å². The average molecular weight is 765 g/mol. The summed E-state index contributed by atoms with van der Waals surface area (Å²) in [4.78, 5) is 54.2. The zero-order chi connectivity index (χ0) is 40.2. The first-order chi connectivity index (χ1) is 26.7. The molecule has 0 amide bonds. The summed E-state index contributed by atoms with van der Waals surface area (Å²) >= 11 is 0. The van der Waals surface area contributed by atoms with E-state index in [-0.39, 0.29) is 56.7 Å². The Morgan fingerprint density at radius 3 is 2.18 bits per heavy atom. The number of ether oxygens (including phenoxy) is 3. The van der Waals surface area contributed by atoms with Crippen LogP contribution in [0.1, 0.15) is 78.3 Å². The molecule has 0 radical (unpaired) electrons. The van der Waals surface area contributed by atoms with Crippen LogP contribution in [0, 0.1) is 0 Å². The van der Waals surface area contributed by atoms with Gasteiger partial charge in [0.2, 0.25) is 12.1 Å². The van der Waals surface area contributed by atoms with Crippen LogP contribution in [0.3, 0.4) is 0 Å². The smallest absolute Gasteiger partial charge is 0.308 e. The third-order valence-electron chi connectivity index (χ3n) is 10.2. The van der Waals surface area contributed by atoms with Gasteiger partial charge in [0, 0.05) is 46.7 Å². The summed E-state index contributed by atoms with van der Waals surface area (Å²) in [5.74, 6) is -6.95. The second kappa shape index (κ2) is 14.7. The molecule has 5 aromatic carbocycles. The normalized spacial score (nSPS) is 20.0.